The van der Waals surface area contributed by atoms with E-state index < -0.39 is 22.0 Å². The van der Waals surface area contributed by atoms with Gasteiger partial charge in [0.2, 0.25) is 0 Å². The molecule has 0 amide bonds. The predicted octanol–water partition coefficient (Wildman–Crippen LogP) is 2.23. The summed E-state index contributed by atoms with van der Waals surface area (Å²) >= 11 is 0. The Morgan fingerprint density at radius 2 is 1.52 bits per heavy atom. The van der Waals surface area contributed by atoms with E-state index in [1.54, 1.807) is 0 Å². The molecule has 1 aromatic carbocycles. The van der Waals surface area contributed by atoms with E-state index in [4.69, 9.17) is 0 Å². The lowest BCUT2D eigenvalue weighted by Crippen LogP contribution is -2.38. The Balaban J connectivity index is 2.32. The third-order valence-electron chi connectivity index (χ3n) is 4.68. The maximum absolute atomic E-state index is 11.6. The maximum Gasteiger partial charge on any atom is 0.154 e. The number of phenolic OH excluding ortho intramolecular Hbond substituents is 1. The van der Waals surface area contributed by atoms with E-state index in [1.807, 2.05) is 12.1 Å². The van der Waals surface area contributed by atoms with Crippen molar-refractivity contribution in [1.29, 1.82) is 0 Å². The van der Waals surface area contributed by atoms with E-state index in [0.717, 1.165) is 16.7 Å². The molecule has 0 spiro atoms. The van der Waals surface area contributed by atoms with Crippen molar-refractivity contribution in [2.24, 2.45) is 0 Å². The Hall–Kier alpha value is -1.11. The first-order valence-corrected chi connectivity index (χ1v) is 10.5. The lowest BCUT2D eigenvalue weighted by atomic mass is 9.78. The Morgan fingerprint density at radius 3 is 1.88 bits per heavy atom. The van der Waals surface area contributed by atoms with Gasteiger partial charge in [-0.2, -0.15) is 0 Å². The molecule has 142 valence electrons. The van der Waals surface area contributed by atoms with Crippen molar-refractivity contribution in [3.8, 4) is 5.75 Å². The average Bonchev–Trinajstić information content (AvgIpc) is 2.67. The number of rotatable bonds is 3. The van der Waals surface area contributed by atoms with Crippen LogP contribution in [0.15, 0.2) is 12.1 Å². The molecule has 1 aliphatic heterocycles. The molecule has 2 rings (SSSR count). The highest BCUT2D eigenvalue weighted by Crippen LogP contribution is 2.39. The van der Waals surface area contributed by atoms with E-state index in [-0.39, 0.29) is 22.3 Å². The van der Waals surface area contributed by atoms with Crippen LogP contribution in [0.1, 0.15) is 58.2 Å². The molecule has 2 atom stereocenters. The van der Waals surface area contributed by atoms with Crippen LogP contribution in [-0.2, 0) is 27.2 Å². The minimum atomic E-state index is -3.17. The highest BCUT2D eigenvalue weighted by Gasteiger charge is 2.36. The lowest BCUT2D eigenvalue weighted by molar-refractivity contribution is 0.165. The molecule has 0 aromatic heterocycles. The van der Waals surface area contributed by atoms with Crippen LogP contribution in [0.4, 0.5) is 0 Å². The van der Waals surface area contributed by atoms with Crippen LogP contribution in [0.3, 0.4) is 0 Å². The van der Waals surface area contributed by atoms with Crippen LogP contribution in [0.5, 0.6) is 5.75 Å². The maximum atomic E-state index is 11.6. The molecular formula is C19H31NO4S. The molecule has 1 saturated heterocycles. The van der Waals surface area contributed by atoms with Crippen molar-refractivity contribution in [2.45, 2.75) is 71.1 Å². The average molecular weight is 370 g/mol. The number of hydrogen-bond donors (Lipinski definition) is 3. The summed E-state index contributed by atoms with van der Waals surface area (Å²) in [7, 11) is -3.17. The second kappa shape index (κ2) is 6.56. The van der Waals surface area contributed by atoms with Crippen LogP contribution in [-0.4, -0.2) is 42.3 Å². The second-order valence-electron chi connectivity index (χ2n) is 9.17. The Bertz CT molecular complexity index is 707. The van der Waals surface area contributed by atoms with E-state index in [2.05, 4.69) is 46.9 Å². The van der Waals surface area contributed by atoms with E-state index >= 15 is 0 Å². The number of aliphatic hydroxyl groups is 1. The summed E-state index contributed by atoms with van der Waals surface area (Å²) < 4.78 is 23.3. The quantitative estimate of drug-likeness (QED) is 0.761. The van der Waals surface area contributed by atoms with Gasteiger partial charge in [0.05, 0.1) is 17.6 Å². The van der Waals surface area contributed by atoms with Gasteiger partial charge in [0, 0.05) is 12.6 Å². The molecule has 25 heavy (non-hydrogen) atoms. The first kappa shape index (κ1) is 20.2. The summed E-state index contributed by atoms with van der Waals surface area (Å²) in [5.74, 6) is 0.109. The van der Waals surface area contributed by atoms with Gasteiger partial charge in [0.25, 0.3) is 0 Å². The van der Waals surface area contributed by atoms with Crippen LogP contribution in [0.25, 0.3) is 0 Å². The molecular weight excluding hydrogens is 338 g/mol. The van der Waals surface area contributed by atoms with Crippen molar-refractivity contribution >= 4 is 9.84 Å². The summed E-state index contributed by atoms with van der Waals surface area (Å²) in [5, 5.41) is 23.8. The van der Waals surface area contributed by atoms with Crippen molar-refractivity contribution in [3.05, 3.63) is 28.8 Å². The standard InChI is InChI=1S/C19H31NO4S/c1-18(2,3)13-7-12(8-14(17(13)22)19(4,5)6)9-20-15-10-25(23,24)11-16(15)21/h7-8,15-16,20-22H,9-11H2,1-6H3/t15-,16+/m1/s1. The minimum Gasteiger partial charge on any atom is -0.507 e. The first-order chi connectivity index (χ1) is 11.2. The van der Waals surface area contributed by atoms with Crippen LogP contribution in [0.2, 0.25) is 0 Å². The first-order valence-electron chi connectivity index (χ1n) is 8.69. The van der Waals surface area contributed by atoms with Gasteiger partial charge in [0.15, 0.2) is 9.84 Å². The van der Waals surface area contributed by atoms with Gasteiger partial charge < -0.3 is 15.5 Å². The number of sulfone groups is 1. The number of hydrogen-bond acceptors (Lipinski definition) is 5. The zero-order chi connectivity index (χ0) is 19.2. The monoisotopic (exact) mass is 369 g/mol. The summed E-state index contributed by atoms with van der Waals surface area (Å²) in [5.41, 5.74) is 2.30. The Kier molecular flexibility index (Phi) is 5.30. The fraction of sp³-hybridized carbons (Fsp3) is 0.684. The fourth-order valence-electron chi connectivity index (χ4n) is 3.21. The SMILES string of the molecule is CC(C)(C)c1cc(CN[C@@H]2CS(=O)(=O)C[C@@H]2O)cc(C(C)(C)C)c1O. The molecule has 0 saturated carbocycles. The number of aliphatic hydroxyl groups excluding tert-OH is 1. The van der Waals surface area contributed by atoms with E-state index in [9.17, 15) is 18.6 Å². The summed E-state index contributed by atoms with van der Waals surface area (Å²) in [6, 6.07) is 3.48. The molecule has 0 bridgehead atoms. The van der Waals surface area contributed by atoms with Crippen molar-refractivity contribution in [2.75, 3.05) is 11.5 Å². The minimum absolute atomic E-state index is 0.0372. The molecule has 5 nitrogen and oxygen atoms in total. The molecule has 6 heteroatoms. The summed E-state index contributed by atoms with van der Waals surface area (Å²) in [6.45, 7) is 12.8. The molecule has 1 heterocycles. The second-order valence-corrected chi connectivity index (χ2v) is 11.3. The third kappa shape index (κ3) is 4.74. The van der Waals surface area contributed by atoms with Crippen LogP contribution >= 0.6 is 0 Å². The van der Waals surface area contributed by atoms with Gasteiger partial charge in [-0.25, -0.2) is 8.42 Å². The molecule has 1 fully saturated rings. The highest BCUT2D eigenvalue weighted by molar-refractivity contribution is 7.91. The highest BCUT2D eigenvalue weighted by atomic mass is 32.2. The number of phenols is 1. The van der Waals surface area contributed by atoms with Crippen molar-refractivity contribution in [3.63, 3.8) is 0 Å². The summed E-state index contributed by atoms with van der Waals surface area (Å²) in [6.07, 6.45) is -0.869. The zero-order valence-corrected chi connectivity index (χ0v) is 16.9. The molecule has 0 unspecified atom stereocenters. The van der Waals surface area contributed by atoms with Gasteiger partial charge in [-0.3, -0.25) is 0 Å². The van der Waals surface area contributed by atoms with Crippen LogP contribution < -0.4 is 5.32 Å². The van der Waals surface area contributed by atoms with E-state index in [0.29, 0.717) is 12.3 Å². The molecule has 0 radical (unpaired) electrons. The smallest absolute Gasteiger partial charge is 0.154 e. The molecule has 1 aliphatic rings. The third-order valence-corrected chi connectivity index (χ3v) is 6.39. The van der Waals surface area contributed by atoms with Gasteiger partial charge >= 0.3 is 0 Å². The number of aromatic hydroxyl groups is 1. The van der Waals surface area contributed by atoms with Crippen LogP contribution in [0, 0.1) is 0 Å². The normalized spacial score (nSPS) is 23.8. The predicted molar refractivity (Wildman–Crippen MR) is 101 cm³/mol. The molecule has 0 aliphatic carbocycles. The largest absolute Gasteiger partial charge is 0.507 e. The lowest BCUT2D eigenvalue weighted by Gasteiger charge is -2.28. The zero-order valence-electron chi connectivity index (χ0n) is 16.0. The Morgan fingerprint density at radius 1 is 1.04 bits per heavy atom. The van der Waals surface area contributed by atoms with Gasteiger partial charge in [0.1, 0.15) is 5.75 Å². The fourth-order valence-corrected chi connectivity index (χ4v) is 4.99. The molecule has 1 aromatic rings. The van der Waals surface area contributed by atoms with Crippen molar-refractivity contribution in [1.82, 2.24) is 5.32 Å². The number of benzene rings is 1. The van der Waals surface area contributed by atoms with Gasteiger partial charge in [-0.1, -0.05) is 53.7 Å². The van der Waals surface area contributed by atoms with Crippen molar-refractivity contribution < 1.29 is 18.6 Å². The molecule has 3 N–H and O–H groups in total. The number of nitrogens with one attached hydrogen (secondary N) is 1. The topological polar surface area (TPSA) is 86.6 Å². The van der Waals surface area contributed by atoms with E-state index in [1.165, 1.54) is 0 Å². The van der Waals surface area contributed by atoms with Gasteiger partial charge in [-0.15, -0.1) is 0 Å². The van der Waals surface area contributed by atoms with Gasteiger partial charge in [-0.05, 0) is 27.5 Å². The summed E-state index contributed by atoms with van der Waals surface area (Å²) in [4.78, 5) is 0. The Labute approximate surface area is 151 Å².